The zero-order valence-electron chi connectivity index (χ0n) is 12.6. The molecule has 0 fully saturated rings. The van der Waals surface area contributed by atoms with E-state index in [1.807, 2.05) is 0 Å². The first-order valence-electron chi connectivity index (χ1n) is 6.72. The van der Waals surface area contributed by atoms with Crippen LogP contribution >= 0.6 is 11.3 Å². The number of rotatable bonds is 4. The lowest BCUT2D eigenvalue weighted by Crippen LogP contribution is -2.22. The van der Waals surface area contributed by atoms with Crippen LogP contribution in [-0.4, -0.2) is 27.2 Å². The first-order valence-corrected chi connectivity index (χ1v) is 7.53. The monoisotopic (exact) mass is 319 g/mol. The van der Waals surface area contributed by atoms with Crippen molar-refractivity contribution in [3.63, 3.8) is 0 Å². The third kappa shape index (κ3) is 3.88. The van der Waals surface area contributed by atoms with Gasteiger partial charge >= 0.3 is 5.97 Å². The summed E-state index contributed by atoms with van der Waals surface area (Å²) in [4.78, 5) is 22.8. The Hall–Kier alpha value is -2.28. The Bertz CT molecular complexity index is 687. The minimum atomic E-state index is -1.02. The average Bonchev–Trinajstić information content (AvgIpc) is 2.94. The van der Waals surface area contributed by atoms with E-state index < -0.39 is 5.97 Å². The van der Waals surface area contributed by atoms with Gasteiger partial charge in [-0.1, -0.05) is 32.1 Å². The normalized spacial score (nSPS) is 11.2. The number of benzene rings is 1. The van der Waals surface area contributed by atoms with Crippen molar-refractivity contribution in [1.82, 2.24) is 15.5 Å². The second kappa shape index (κ2) is 6.23. The predicted octanol–water partition coefficient (Wildman–Crippen LogP) is 2.46. The fourth-order valence-corrected chi connectivity index (χ4v) is 2.49. The largest absolute Gasteiger partial charge is 0.478 e. The van der Waals surface area contributed by atoms with E-state index in [4.69, 9.17) is 5.11 Å². The Balaban J connectivity index is 1.98. The highest BCUT2D eigenvalue weighted by molar-refractivity contribution is 7.11. The number of carboxylic acid groups (broad SMARTS) is 1. The van der Waals surface area contributed by atoms with Crippen LogP contribution in [0.3, 0.4) is 0 Å². The maximum Gasteiger partial charge on any atom is 0.335 e. The van der Waals surface area contributed by atoms with Crippen molar-refractivity contribution in [1.29, 1.82) is 0 Å². The summed E-state index contributed by atoms with van der Waals surface area (Å²) < 4.78 is 0. The number of hydrogen-bond donors (Lipinski definition) is 2. The van der Waals surface area contributed by atoms with E-state index in [1.165, 1.54) is 35.6 Å². The van der Waals surface area contributed by atoms with Gasteiger partial charge in [-0.15, -0.1) is 10.2 Å². The summed E-state index contributed by atoms with van der Waals surface area (Å²) in [5.41, 5.74) is 0.494. The summed E-state index contributed by atoms with van der Waals surface area (Å²) in [5, 5.41) is 21.4. The maximum absolute atomic E-state index is 12.0. The van der Waals surface area contributed by atoms with Crippen molar-refractivity contribution in [2.75, 3.05) is 0 Å². The number of nitrogens with zero attached hydrogens (tertiary/aromatic N) is 2. The molecule has 0 saturated heterocycles. The molecule has 6 nitrogen and oxygen atoms in total. The third-order valence-electron chi connectivity index (χ3n) is 2.90. The summed E-state index contributed by atoms with van der Waals surface area (Å²) in [6.07, 6.45) is 0. The molecule has 2 aromatic rings. The van der Waals surface area contributed by atoms with Gasteiger partial charge in [0.1, 0.15) is 10.0 Å². The Kier molecular flexibility index (Phi) is 4.56. The summed E-state index contributed by atoms with van der Waals surface area (Å²) in [6, 6.07) is 5.78. The molecular formula is C15H17N3O3S. The second-order valence-electron chi connectivity index (χ2n) is 5.82. The van der Waals surface area contributed by atoms with E-state index in [-0.39, 0.29) is 16.9 Å². The summed E-state index contributed by atoms with van der Waals surface area (Å²) in [6.45, 7) is 6.47. The van der Waals surface area contributed by atoms with Crippen molar-refractivity contribution in [2.24, 2.45) is 0 Å². The molecule has 1 heterocycles. The van der Waals surface area contributed by atoms with Gasteiger partial charge in [0.05, 0.1) is 12.1 Å². The molecule has 116 valence electrons. The molecule has 0 unspecified atom stereocenters. The molecule has 1 aromatic carbocycles. The predicted molar refractivity (Wildman–Crippen MR) is 83.2 cm³/mol. The summed E-state index contributed by atoms with van der Waals surface area (Å²) in [7, 11) is 0. The van der Waals surface area contributed by atoms with E-state index >= 15 is 0 Å². The maximum atomic E-state index is 12.0. The second-order valence-corrected chi connectivity index (χ2v) is 6.88. The molecular weight excluding hydrogens is 302 g/mol. The number of aromatic carboxylic acids is 1. The number of hydrogen-bond acceptors (Lipinski definition) is 5. The van der Waals surface area contributed by atoms with Gasteiger partial charge in [0.15, 0.2) is 0 Å². The van der Waals surface area contributed by atoms with Crippen molar-refractivity contribution in [3.05, 3.63) is 45.4 Å². The lowest BCUT2D eigenvalue weighted by atomic mass is 9.98. The third-order valence-corrected chi connectivity index (χ3v) is 4.25. The fraction of sp³-hybridized carbons (Fsp3) is 0.333. The lowest BCUT2D eigenvalue weighted by Gasteiger charge is -2.12. The zero-order valence-corrected chi connectivity index (χ0v) is 13.4. The van der Waals surface area contributed by atoms with Crippen molar-refractivity contribution in [3.8, 4) is 0 Å². The van der Waals surface area contributed by atoms with Gasteiger partial charge in [0.25, 0.3) is 5.91 Å². The molecule has 0 radical (unpaired) electrons. The van der Waals surface area contributed by atoms with Crippen LogP contribution in [0.5, 0.6) is 0 Å². The first-order chi connectivity index (χ1) is 10.3. The van der Waals surface area contributed by atoms with Gasteiger partial charge in [0.2, 0.25) is 0 Å². The van der Waals surface area contributed by atoms with E-state index in [0.29, 0.717) is 12.1 Å². The molecule has 22 heavy (non-hydrogen) atoms. The number of amides is 1. The molecule has 2 N–H and O–H groups in total. The van der Waals surface area contributed by atoms with E-state index in [9.17, 15) is 9.59 Å². The highest BCUT2D eigenvalue weighted by Gasteiger charge is 2.19. The standard InChI is InChI=1S/C15H17N3O3S/c1-15(2,3)14-18-17-11(22-14)8-16-12(19)9-4-6-10(7-5-9)13(20)21/h4-7H,8H2,1-3H3,(H,16,19)(H,20,21). The van der Waals surface area contributed by atoms with Gasteiger partial charge < -0.3 is 10.4 Å². The minimum Gasteiger partial charge on any atom is -0.478 e. The molecule has 2 rings (SSSR count). The molecule has 0 aliphatic heterocycles. The molecule has 0 aliphatic rings. The number of nitrogens with one attached hydrogen (secondary N) is 1. The SMILES string of the molecule is CC(C)(C)c1nnc(CNC(=O)c2ccc(C(=O)O)cc2)s1. The van der Waals surface area contributed by atoms with Crippen LogP contribution < -0.4 is 5.32 Å². The quantitative estimate of drug-likeness (QED) is 0.903. The van der Waals surface area contributed by atoms with Crippen LogP contribution in [0.2, 0.25) is 0 Å². The van der Waals surface area contributed by atoms with Crippen LogP contribution in [0.4, 0.5) is 0 Å². The van der Waals surface area contributed by atoms with E-state index in [1.54, 1.807) is 0 Å². The first kappa shape index (κ1) is 16.1. The molecule has 0 bridgehead atoms. The zero-order chi connectivity index (χ0) is 16.3. The lowest BCUT2D eigenvalue weighted by molar-refractivity contribution is 0.0696. The molecule has 0 atom stereocenters. The Morgan fingerprint density at radius 1 is 1.14 bits per heavy atom. The van der Waals surface area contributed by atoms with Crippen LogP contribution in [0.15, 0.2) is 24.3 Å². The van der Waals surface area contributed by atoms with Crippen LogP contribution in [0.1, 0.15) is 51.5 Å². The molecule has 7 heteroatoms. The van der Waals surface area contributed by atoms with Gasteiger partial charge in [-0.2, -0.15) is 0 Å². The van der Waals surface area contributed by atoms with Gasteiger partial charge in [-0.25, -0.2) is 4.79 Å². The average molecular weight is 319 g/mol. The van der Waals surface area contributed by atoms with E-state index in [0.717, 1.165) is 10.0 Å². The fourth-order valence-electron chi connectivity index (χ4n) is 1.65. The molecule has 0 aliphatic carbocycles. The summed E-state index contributed by atoms with van der Waals surface area (Å²) >= 11 is 1.47. The highest BCUT2D eigenvalue weighted by atomic mass is 32.1. The molecule has 1 amide bonds. The highest BCUT2D eigenvalue weighted by Crippen LogP contribution is 2.25. The molecule has 0 saturated carbocycles. The smallest absolute Gasteiger partial charge is 0.335 e. The van der Waals surface area contributed by atoms with Crippen LogP contribution in [-0.2, 0) is 12.0 Å². The van der Waals surface area contributed by atoms with Crippen LogP contribution in [0.25, 0.3) is 0 Å². The topological polar surface area (TPSA) is 92.2 Å². The van der Waals surface area contributed by atoms with Crippen LogP contribution in [0, 0.1) is 0 Å². The Morgan fingerprint density at radius 3 is 2.23 bits per heavy atom. The molecule has 1 aromatic heterocycles. The van der Waals surface area contributed by atoms with Crippen molar-refractivity contribution >= 4 is 23.2 Å². The number of carbonyl (C=O) groups excluding carboxylic acids is 1. The number of carbonyl (C=O) groups is 2. The van der Waals surface area contributed by atoms with Crippen molar-refractivity contribution < 1.29 is 14.7 Å². The van der Waals surface area contributed by atoms with Gasteiger partial charge in [0, 0.05) is 11.0 Å². The Morgan fingerprint density at radius 2 is 1.73 bits per heavy atom. The molecule has 0 spiro atoms. The Labute approximate surface area is 132 Å². The van der Waals surface area contributed by atoms with Gasteiger partial charge in [-0.3, -0.25) is 4.79 Å². The summed E-state index contributed by atoms with van der Waals surface area (Å²) in [5.74, 6) is -1.29. The number of carboxylic acids is 1. The van der Waals surface area contributed by atoms with Gasteiger partial charge in [-0.05, 0) is 24.3 Å². The number of aromatic nitrogens is 2. The van der Waals surface area contributed by atoms with Crippen molar-refractivity contribution in [2.45, 2.75) is 32.7 Å². The minimum absolute atomic E-state index is 0.0629. The van der Waals surface area contributed by atoms with E-state index in [2.05, 4.69) is 36.3 Å².